The van der Waals surface area contributed by atoms with Gasteiger partial charge in [-0.15, -0.1) is 0 Å². The van der Waals surface area contributed by atoms with Crippen molar-refractivity contribution in [2.24, 2.45) is 7.05 Å². The summed E-state index contributed by atoms with van der Waals surface area (Å²) in [6, 6.07) is 8.21. The van der Waals surface area contributed by atoms with Gasteiger partial charge in [-0.1, -0.05) is 0 Å². The van der Waals surface area contributed by atoms with Crippen LogP contribution in [-0.2, 0) is 13.6 Å². The van der Waals surface area contributed by atoms with Crippen molar-refractivity contribution in [1.82, 2.24) is 19.7 Å². The lowest BCUT2D eigenvalue weighted by molar-refractivity contribution is 0.224. The molecule has 0 bridgehead atoms. The fourth-order valence-corrected chi connectivity index (χ4v) is 3.45. The minimum Gasteiger partial charge on any atom is -0.497 e. The molecule has 6 nitrogen and oxygen atoms in total. The zero-order chi connectivity index (χ0) is 17.2. The van der Waals surface area contributed by atoms with E-state index >= 15 is 0 Å². The molecule has 1 aliphatic heterocycles. The van der Waals surface area contributed by atoms with Crippen LogP contribution in [0.25, 0.3) is 11.3 Å². The standard InChI is InChI=1S/C19H22N4O2/c1-22-12-15(10-21-22)17-4-3-9-23(17)13-19-20-11-18(25-19)14-5-7-16(24-2)8-6-14/h5-8,10-12,17H,3-4,9,13H2,1-2H3/t17-/m0/s1. The Hall–Kier alpha value is -2.60. The molecule has 130 valence electrons. The smallest absolute Gasteiger partial charge is 0.209 e. The predicted molar refractivity (Wildman–Crippen MR) is 94.1 cm³/mol. The van der Waals surface area contributed by atoms with E-state index in [-0.39, 0.29) is 0 Å². The van der Waals surface area contributed by atoms with Crippen LogP contribution in [0.3, 0.4) is 0 Å². The Morgan fingerprint density at radius 3 is 2.80 bits per heavy atom. The van der Waals surface area contributed by atoms with Gasteiger partial charge in [0.1, 0.15) is 5.75 Å². The number of likely N-dealkylation sites (tertiary alicyclic amines) is 1. The maximum absolute atomic E-state index is 5.98. The zero-order valence-electron chi connectivity index (χ0n) is 14.6. The van der Waals surface area contributed by atoms with Gasteiger partial charge in [0.2, 0.25) is 5.89 Å². The Balaban J connectivity index is 1.48. The van der Waals surface area contributed by atoms with Gasteiger partial charge in [-0.2, -0.15) is 5.10 Å². The highest BCUT2D eigenvalue weighted by atomic mass is 16.5. The van der Waals surface area contributed by atoms with E-state index < -0.39 is 0 Å². The number of ether oxygens (including phenoxy) is 1. The first kappa shape index (κ1) is 15.9. The van der Waals surface area contributed by atoms with Crippen LogP contribution in [0.1, 0.15) is 30.3 Å². The van der Waals surface area contributed by atoms with Gasteiger partial charge in [0.05, 0.1) is 26.0 Å². The number of aromatic nitrogens is 3. The van der Waals surface area contributed by atoms with Crippen molar-refractivity contribution in [3.8, 4) is 17.1 Å². The predicted octanol–water partition coefficient (Wildman–Crippen LogP) is 3.42. The normalized spacial score (nSPS) is 17.9. The maximum atomic E-state index is 5.98. The van der Waals surface area contributed by atoms with Crippen LogP contribution in [0, 0.1) is 0 Å². The van der Waals surface area contributed by atoms with E-state index in [1.54, 1.807) is 13.3 Å². The van der Waals surface area contributed by atoms with Gasteiger partial charge < -0.3 is 9.15 Å². The van der Waals surface area contributed by atoms with Crippen LogP contribution >= 0.6 is 0 Å². The molecule has 1 saturated heterocycles. The van der Waals surface area contributed by atoms with E-state index in [2.05, 4.69) is 21.2 Å². The van der Waals surface area contributed by atoms with Crippen molar-refractivity contribution in [2.75, 3.05) is 13.7 Å². The third-order valence-electron chi connectivity index (χ3n) is 4.74. The minimum atomic E-state index is 0.394. The summed E-state index contributed by atoms with van der Waals surface area (Å²) in [6.07, 6.45) is 8.19. The van der Waals surface area contributed by atoms with Crippen molar-refractivity contribution in [2.45, 2.75) is 25.4 Å². The average molecular weight is 338 g/mol. The van der Waals surface area contributed by atoms with Crippen molar-refractivity contribution < 1.29 is 9.15 Å². The van der Waals surface area contributed by atoms with Gasteiger partial charge in [0, 0.05) is 30.4 Å². The molecule has 1 aliphatic rings. The van der Waals surface area contributed by atoms with E-state index in [0.717, 1.165) is 42.5 Å². The third kappa shape index (κ3) is 3.30. The molecule has 0 radical (unpaired) electrons. The molecular formula is C19H22N4O2. The zero-order valence-corrected chi connectivity index (χ0v) is 14.6. The number of hydrogen-bond acceptors (Lipinski definition) is 5. The topological polar surface area (TPSA) is 56.3 Å². The van der Waals surface area contributed by atoms with Gasteiger partial charge in [-0.3, -0.25) is 9.58 Å². The van der Waals surface area contributed by atoms with Crippen molar-refractivity contribution >= 4 is 0 Å². The molecule has 0 saturated carbocycles. The number of oxazole rings is 1. The molecule has 1 atom stereocenters. The first-order valence-corrected chi connectivity index (χ1v) is 8.54. The van der Waals surface area contributed by atoms with Crippen LogP contribution < -0.4 is 4.74 Å². The first-order chi connectivity index (χ1) is 12.2. The summed E-state index contributed by atoms with van der Waals surface area (Å²) >= 11 is 0. The summed E-state index contributed by atoms with van der Waals surface area (Å²) < 4.78 is 13.0. The van der Waals surface area contributed by atoms with Crippen molar-refractivity contribution in [1.29, 1.82) is 0 Å². The van der Waals surface area contributed by atoms with E-state index in [1.807, 2.05) is 42.2 Å². The van der Waals surface area contributed by atoms with Gasteiger partial charge in [-0.25, -0.2) is 4.98 Å². The lowest BCUT2D eigenvalue weighted by atomic mass is 10.1. The van der Waals surface area contributed by atoms with E-state index in [4.69, 9.17) is 9.15 Å². The lowest BCUT2D eigenvalue weighted by Gasteiger charge is -2.21. The van der Waals surface area contributed by atoms with Gasteiger partial charge in [0.25, 0.3) is 0 Å². The summed E-state index contributed by atoms with van der Waals surface area (Å²) in [5.41, 5.74) is 2.27. The highest BCUT2D eigenvalue weighted by molar-refractivity contribution is 5.57. The monoisotopic (exact) mass is 338 g/mol. The number of benzene rings is 1. The first-order valence-electron chi connectivity index (χ1n) is 8.54. The summed E-state index contributed by atoms with van der Waals surface area (Å²) in [7, 11) is 3.62. The van der Waals surface area contributed by atoms with E-state index in [9.17, 15) is 0 Å². The molecule has 1 fully saturated rings. The molecule has 0 N–H and O–H groups in total. The van der Waals surface area contributed by atoms with Gasteiger partial charge in [0.15, 0.2) is 5.76 Å². The second-order valence-corrected chi connectivity index (χ2v) is 6.42. The molecule has 0 unspecified atom stereocenters. The number of aryl methyl sites for hydroxylation is 1. The second kappa shape index (κ2) is 6.72. The summed E-state index contributed by atoms with van der Waals surface area (Å²) in [5.74, 6) is 2.37. The molecule has 1 aromatic carbocycles. The number of methoxy groups -OCH3 is 1. The van der Waals surface area contributed by atoms with E-state index in [0.29, 0.717) is 6.04 Å². The fourth-order valence-electron chi connectivity index (χ4n) is 3.45. The van der Waals surface area contributed by atoms with Crippen LogP contribution in [0.4, 0.5) is 0 Å². The van der Waals surface area contributed by atoms with Crippen LogP contribution in [0.5, 0.6) is 5.75 Å². The van der Waals surface area contributed by atoms with Gasteiger partial charge >= 0.3 is 0 Å². The van der Waals surface area contributed by atoms with Gasteiger partial charge in [-0.05, 0) is 43.7 Å². The summed E-state index contributed by atoms with van der Waals surface area (Å²) in [6.45, 7) is 1.77. The Morgan fingerprint density at radius 2 is 2.08 bits per heavy atom. The van der Waals surface area contributed by atoms with Crippen LogP contribution in [-0.4, -0.2) is 33.3 Å². The molecule has 2 aromatic heterocycles. The maximum Gasteiger partial charge on any atom is 0.209 e. The molecule has 0 amide bonds. The highest BCUT2D eigenvalue weighted by Gasteiger charge is 2.28. The van der Waals surface area contributed by atoms with Crippen molar-refractivity contribution in [3.63, 3.8) is 0 Å². The molecule has 0 spiro atoms. The molecule has 4 rings (SSSR count). The highest BCUT2D eigenvalue weighted by Crippen LogP contribution is 2.33. The Bertz CT molecular complexity index is 837. The summed E-state index contributed by atoms with van der Waals surface area (Å²) in [5, 5.41) is 4.30. The van der Waals surface area contributed by atoms with Crippen LogP contribution in [0.2, 0.25) is 0 Å². The Kier molecular flexibility index (Phi) is 4.28. The van der Waals surface area contributed by atoms with E-state index in [1.165, 1.54) is 12.0 Å². The largest absolute Gasteiger partial charge is 0.497 e. The minimum absolute atomic E-state index is 0.394. The number of nitrogens with zero attached hydrogens (tertiary/aromatic N) is 4. The molecule has 25 heavy (non-hydrogen) atoms. The molecule has 6 heteroatoms. The van der Waals surface area contributed by atoms with Crippen LogP contribution in [0.15, 0.2) is 47.3 Å². The number of rotatable bonds is 5. The SMILES string of the molecule is COc1ccc(-c2cnc(CN3CCC[C@H]3c3cnn(C)c3)o2)cc1. The van der Waals surface area contributed by atoms with Crippen molar-refractivity contribution in [3.05, 3.63) is 54.3 Å². The Labute approximate surface area is 147 Å². The molecular weight excluding hydrogens is 316 g/mol. The second-order valence-electron chi connectivity index (χ2n) is 6.42. The molecule has 3 heterocycles. The Morgan fingerprint density at radius 1 is 1.24 bits per heavy atom. The third-order valence-corrected chi connectivity index (χ3v) is 4.74. The average Bonchev–Trinajstić information content (AvgIpc) is 3.36. The molecule has 3 aromatic rings. The quantitative estimate of drug-likeness (QED) is 0.713. The lowest BCUT2D eigenvalue weighted by Crippen LogP contribution is -2.22. The summed E-state index contributed by atoms with van der Waals surface area (Å²) in [4.78, 5) is 6.89. The number of hydrogen-bond donors (Lipinski definition) is 0. The fraction of sp³-hybridized carbons (Fsp3) is 0.368. The molecule has 0 aliphatic carbocycles.